The van der Waals surface area contributed by atoms with E-state index in [0.717, 1.165) is 64.8 Å². The molecule has 2 aromatic carbocycles. The van der Waals surface area contributed by atoms with Gasteiger partial charge in [0.15, 0.2) is 5.82 Å². The van der Waals surface area contributed by atoms with Crippen LogP contribution in [0.1, 0.15) is 32.3 Å². The first-order chi connectivity index (χ1) is 16.4. The van der Waals surface area contributed by atoms with Gasteiger partial charge in [0.25, 0.3) is 0 Å². The van der Waals surface area contributed by atoms with Gasteiger partial charge in [-0.1, -0.05) is 18.2 Å². The van der Waals surface area contributed by atoms with Gasteiger partial charge in [-0.3, -0.25) is 9.89 Å². The lowest BCUT2D eigenvalue weighted by atomic mass is 9.86. The Balaban J connectivity index is 1.31. The number of anilines is 1. The highest BCUT2D eigenvalue weighted by molar-refractivity contribution is 6.09. The van der Waals surface area contributed by atoms with Crippen LogP contribution in [0.4, 0.5) is 10.5 Å². The highest BCUT2D eigenvalue weighted by Crippen LogP contribution is 2.43. The number of amides is 3. The summed E-state index contributed by atoms with van der Waals surface area (Å²) in [5, 5.41) is 11.5. The second-order valence-electron chi connectivity index (χ2n) is 9.60. The van der Waals surface area contributed by atoms with Gasteiger partial charge in [0.2, 0.25) is 5.91 Å². The molecule has 0 aliphatic carbocycles. The van der Waals surface area contributed by atoms with Gasteiger partial charge >= 0.3 is 6.03 Å². The molecule has 2 aliphatic heterocycles. The van der Waals surface area contributed by atoms with Crippen LogP contribution >= 0.6 is 0 Å². The van der Waals surface area contributed by atoms with E-state index >= 15 is 0 Å². The number of carbonyl (C=O) groups is 2. The predicted molar refractivity (Wildman–Crippen MR) is 131 cm³/mol. The van der Waals surface area contributed by atoms with Crippen molar-refractivity contribution < 1.29 is 9.59 Å². The van der Waals surface area contributed by atoms with E-state index in [1.807, 2.05) is 55.1 Å². The first-order valence-corrected chi connectivity index (χ1v) is 11.8. The smallest absolute Gasteiger partial charge is 0.317 e. The van der Waals surface area contributed by atoms with Crippen LogP contribution in [-0.4, -0.2) is 63.2 Å². The molecule has 0 saturated carbocycles. The zero-order valence-corrected chi connectivity index (χ0v) is 19.3. The summed E-state index contributed by atoms with van der Waals surface area (Å²) in [4.78, 5) is 37.4. The summed E-state index contributed by atoms with van der Waals surface area (Å²) in [7, 11) is 0. The second kappa shape index (κ2) is 7.58. The van der Waals surface area contributed by atoms with Crippen LogP contribution in [0, 0.1) is 0 Å². The van der Waals surface area contributed by atoms with Crippen molar-refractivity contribution in [3.63, 3.8) is 0 Å². The zero-order valence-electron chi connectivity index (χ0n) is 19.3. The molecule has 6 rings (SSSR count). The molecule has 1 saturated heterocycles. The van der Waals surface area contributed by atoms with Crippen molar-refractivity contribution in [2.45, 2.75) is 32.1 Å². The van der Waals surface area contributed by atoms with Crippen molar-refractivity contribution in [3.8, 4) is 11.5 Å². The van der Waals surface area contributed by atoms with Crippen LogP contribution < -0.4 is 10.2 Å². The molecule has 0 atom stereocenters. The Morgan fingerprint density at radius 3 is 2.76 bits per heavy atom. The summed E-state index contributed by atoms with van der Waals surface area (Å²) >= 11 is 0. The number of benzene rings is 2. The quantitative estimate of drug-likeness (QED) is 0.435. The van der Waals surface area contributed by atoms with E-state index in [0.29, 0.717) is 18.9 Å². The van der Waals surface area contributed by atoms with Crippen LogP contribution in [0.2, 0.25) is 0 Å². The fourth-order valence-electron chi connectivity index (χ4n) is 5.12. The standard InChI is InChI=1S/C25H27N7O2/c1-25(2)16-13-18-19(28-22(27-18)21-15-7-3-4-8-17(15)29-30-21)14-20(16)32(23(25)33)12-9-26-24(34)31-10-5-6-11-31/h3-4,7-8,13-14H,5-6,9-12H2,1-2H3,(H,26,34)(H,27,28)(H,29,30). The zero-order chi connectivity index (χ0) is 23.4. The molecule has 0 radical (unpaired) electrons. The average Bonchev–Trinajstić information content (AvgIpc) is 3.61. The summed E-state index contributed by atoms with van der Waals surface area (Å²) in [5.74, 6) is 0.716. The van der Waals surface area contributed by atoms with E-state index in [9.17, 15) is 9.59 Å². The predicted octanol–water partition coefficient (Wildman–Crippen LogP) is 3.54. The number of para-hydroxylation sites is 1. The first-order valence-electron chi connectivity index (χ1n) is 11.8. The first kappa shape index (κ1) is 20.7. The number of fused-ring (bicyclic) bond motifs is 3. The molecule has 3 amide bonds. The van der Waals surface area contributed by atoms with Gasteiger partial charge in [-0.25, -0.2) is 9.78 Å². The van der Waals surface area contributed by atoms with Crippen molar-refractivity contribution in [1.29, 1.82) is 0 Å². The molecule has 1 fully saturated rings. The Kier molecular flexibility index (Phi) is 4.62. The number of nitrogens with zero attached hydrogens (tertiary/aromatic N) is 4. The number of rotatable bonds is 4. The van der Waals surface area contributed by atoms with E-state index in [4.69, 9.17) is 4.98 Å². The van der Waals surface area contributed by atoms with E-state index < -0.39 is 5.41 Å². The Hall–Kier alpha value is -3.88. The molecular weight excluding hydrogens is 430 g/mol. The van der Waals surface area contributed by atoms with Crippen LogP contribution in [0.15, 0.2) is 36.4 Å². The lowest BCUT2D eigenvalue weighted by Crippen LogP contribution is -2.44. The molecule has 9 heteroatoms. The molecule has 0 spiro atoms. The van der Waals surface area contributed by atoms with Gasteiger partial charge < -0.3 is 20.1 Å². The van der Waals surface area contributed by atoms with Crippen LogP contribution in [0.5, 0.6) is 0 Å². The monoisotopic (exact) mass is 457 g/mol. The molecule has 0 unspecified atom stereocenters. The van der Waals surface area contributed by atoms with Crippen molar-refractivity contribution in [2.24, 2.45) is 0 Å². The minimum Gasteiger partial charge on any atom is -0.337 e. The normalized spacial score (nSPS) is 17.2. The summed E-state index contributed by atoms with van der Waals surface area (Å²) in [6, 6.07) is 11.9. The lowest BCUT2D eigenvalue weighted by molar-refractivity contribution is -0.122. The molecule has 0 bridgehead atoms. The van der Waals surface area contributed by atoms with Crippen molar-refractivity contribution in [2.75, 3.05) is 31.1 Å². The number of H-pyrrole nitrogens is 2. The number of likely N-dealkylation sites (tertiary alicyclic amines) is 1. The SMILES string of the molecule is CC1(C)C(=O)N(CCNC(=O)N2CCCC2)c2cc3nc(-c4n[nH]c5ccccc45)[nH]c3cc21. The van der Waals surface area contributed by atoms with Crippen LogP contribution in [0.3, 0.4) is 0 Å². The van der Waals surface area contributed by atoms with Gasteiger partial charge in [0.1, 0.15) is 5.69 Å². The molecule has 3 N–H and O–H groups in total. The lowest BCUT2D eigenvalue weighted by Gasteiger charge is -2.22. The molecule has 4 aromatic rings. The van der Waals surface area contributed by atoms with Crippen LogP contribution in [0.25, 0.3) is 33.5 Å². The van der Waals surface area contributed by atoms with Gasteiger partial charge in [-0.05, 0) is 50.5 Å². The Labute approximate surface area is 196 Å². The number of aromatic nitrogens is 4. The number of carbonyl (C=O) groups excluding carboxylic acids is 2. The highest BCUT2D eigenvalue weighted by Gasteiger charge is 2.44. The van der Waals surface area contributed by atoms with Gasteiger partial charge in [-0.15, -0.1) is 0 Å². The maximum absolute atomic E-state index is 13.3. The topological polar surface area (TPSA) is 110 Å². The van der Waals surface area contributed by atoms with Gasteiger partial charge in [-0.2, -0.15) is 5.10 Å². The molecule has 174 valence electrons. The number of hydrogen-bond acceptors (Lipinski definition) is 4. The second-order valence-corrected chi connectivity index (χ2v) is 9.60. The summed E-state index contributed by atoms with van der Waals surface area (Å²) < 4.78 is 0. The van der Waals surface area contributed by atoms with Crippen molar-refractivity contribution >= 4 is 39.6 Å². The number of imidazole rings is 1. The molecule has 2 aliphatic rings. The fraction of sp³-hybridized carbons (Fsp3) is 0.360. The van der Waals surface area contributed by atoms with Gasteiger partial charge in [0.05, 0.1) is 27.7 Å². The third-order valence-corrected chi connectivity index (χ3v) is 7.04. The van der Waals surface area contributed by atoms with E-state index in [1.165, 1.54) is 0 Å². The average molecular weight is 458 g/mol. The molecule has 4 heterocycles. The third-order valence-electron chi connectivity index (χ3n) is 7.04. The number of aromatic amines is 2. The maximum atomic E-state index is 13.3. The highest BCUT2D eigenvalue weighted by atomic mass is 16.2. The maximum Gasteiger partial charge on any atom is 0.317 e. The van der Waals surface area contributed by atoms with Crippen molar-refractivity contribution in [3.05, 3.63) is 42.0 Å². The Morgan fingerprint density at radius 1 is 1.15 bits per heavy atom. The van der Waals surface area contributed by atoms with Crippen molar-refractivity contribution in [1.82, 2.24) is 30.4 Å². The molecular formula is C25H27N7O2. The van der Waals surface area contributed by atoms with E-state index in [2.05, 4.69) is 20.5 Å². The molecule has 2 aromatic heterocycles. The molecule has 9 nitrogen and oxygen atoms in total. The van der Waals surface area contributed by atoms with E-state index in [-0.39, 0.29) is 11.9 Å². The number of nitrogens with one attached hydrogen (secondary N) is 3. The van der Waals surface area contributed by atoms with Crippen LogP contribution in [-0.2, 0) is 10.2 Å². The minimum atomic E-state index is -0.660. The molecule has 34 heavy (non-hydrogen) atoms. The Bertz CT molecular complexity index is 1430. The number of urea groups is 1. The Morgan fingerprint density at radius 2 is 1.94 bits per heavy atom. The summed E-state index contributed by atoms with van der Waals surface area (Å²) in [6.45, 7) is 6.31. The third kappa shape index (κ3) is 3.14. The summed E-state index contributed by atoms with van der Waals surface area (Å²) in [5.41, 5.74) is 4.51. The fourth-order valence-corrected chi connectivity index (χ4v) is 5.12. The largest absolute Gasteiger partial charge is 0.337 e. The van der Waals surface area contributed by atoms with E-state index in [1.54, 1.807) is 4.90 Å². The number of hydrogen-bond donors (Lipinski definition) is 3. The minimum absolute atomic E-state index is 0.0316. The van der Waals surface area contributed by atoms with Gasteiger partial charge in [0, 0.05) is 31.6 Å². The summed E-state index contributed by atoms with van der Waals surface area (Å²) in [6.07, 6.45) is 2.10.